The Hall–Kier alpha value is -1.77. The predicted molar refractivity (Wildman–Crippen MR) is 56.6 cm³/mol. The number of nitrogens with two attached hydrogens (primary N) is 1. The average Bonchev–Trinajstić information content (AvgIpc) is 2.20. The standard InChI is InChI=1S/C11H13NO2/c1-8-4-3-5-9(11(8)12)6-7-10(13)14-2/h3-7H,12H2,1-2H3. The Bertz CT molecular complexity index is 370. The summed E-state index contributed by atoms with van der Waals surface area (Å²) in [5, 5.41) is 0. The number of carbonyl (C=O) groups is 1. The molecule has 0 bridgehead atoms. The first kappa shape index (κ1) is 10.3. The molecule has 3 heteroatoms. The zero-order chi connectivity index (χ0) is 10.6. The number of anilines is 1. The minimum atomic E-state index is -0.383. The second-order valence-corrected chi connectivity index (χ2v) is 2.93. The molecule has 0 aliphatic carbocycles. The van der Waals surface area contributed by atoms with Crippen LogP contribution in [0.4, 0.5) is 5.69 Å². The van der Waals surface area contributed by atoms with E-state index in [1.165, 1.54) is 13.2 Å². The van der Waals surface area contributed by atoms with Crippen molar-refractivity contribution in [2.24, 2.45) is 0 Å². The molecule has 0 heterocycles. The molecule has 0 saturated carbocycles. The first-order valence-corrected chi connectivity index (χ1v) is 4.26. The molecule has 0 aliphatic rings. The molecule has 1 rings (SSSR count). The van der Waals surface area contributed by atoms with Gasteiger partial charge in [-0.15, -0.1) is 0 Å². The molecule has 0 aliphatic heterocycles. The van der Waals surface area contributed by atoms with E-state index in [9.17, 15) is 4.79 Å². The number of para-hydroxylation sites is 1. The van der Waals surface area contributed by atoms with Crippen LogP contribution in [-0.4, -0.2) is 13.1 Å². The molecule has 0 unspecified atom stereocenters. The summed E-state index contributed by atoms with van der Waals surface area (Å²) in [5.74, 6) is -0.383. The lowest BCUT2D eigenvalue weighted by molar-refractivity contribution is -0.134. The second kappa shape index (κ2) is 4.46. The third-order valence-corrected chi connectivity index (χ3v) is 1.96. The maximum Gasteiger partial charge on any atom is 0.330 e. The van der Waals surface area contributed by atoms with E-state index in [1.54, 1.807) is 6.08 Å². The summed E-state index contributed by atoms with van der Waals surface area (Å²) >= 11 is 0. The fourth-order valence-corrected chi connectivity index (χ4v) is 1.07. The number of methoxy groups -OCH3 is 1. The van der Waals surface area contributed by atoms with Crippen molar-refractivity contribution in [2.45, 2.75) is 6.92 Å². The van der Waals surface area contributed by atoms with Crippen molar-refractivity contribution in [1.82, 2.24) is 0 Å². The van der Waals surface area contributed by atoms with Crippen molar-refractivity contribution in [1.29, 1.82) is 0 Å². The molecular formula is C11H13NO2. The Kier molecular flexibility index (Phi) is 3.29. The molecule has 3 nitrogen and oxygen atoms in total. The van der Waals surface area contributed by atoms with Gasteiger partial charge in [0.1, 0.15) is 0 Å². The highest BCUT2D eigenvalue weighted by Crippen LogP contribution is 2.17. The summed E-state index contributed by atoms with van der Waals surface area (Å²) in [4.78, 5) is 10.8. The average molecular weight is 191 g/mol. The number of carbonyl (C=O) groups excluding carboxylic acids is 1. The molecule has 14 heavy (non-hydrogen) atoms. The highest BCUT2D eigenvalue weighted by Gasteiger charge is 1.98. The van der Waals surface area contributed by atoms with E-state index in [0.717, 1.165) is 11.1 Å². The molecular weight excluding hydrogens is 178 g/mol. The van der Waals surface area contributed by atoms with E-state index in [2.05, 4.69) is 4.74 Å². The van der Waals surface area contributed by atoms with Crippen molar-refractivity contribution >= 4 is 17.7 Å². The van der Waals surface area contributed by atoms with Gasteiger partial charge in [0, 0.05) is 11.8 Å². The first-order chi connectivity index (χ1) is 6.65. The van der Waals surface area contributed by atoms with Crippen LogP contribution in [-0.2, 0) is 9.53 Å². The van der Waals surface area contributed by atoms with Crippen LogP contribution in [0.1, 0.15) is 11.1 Å². The topological polar surface area (TPSA) is 52.3 Å². The molecule has 74 valence electrons. The Morgan fingerprint density at radius 1 is 1.50 bits per heavy atom. The Morgan fingerprint density at radius 3 is 2.86 bits per heavy atom. The van der Waals surface area contributed by atoms with Gasteiger partial charge in [0.25, 0.3) is 0 Å². The van der Waals surface area contributed by atoms with Crippen LogP contribution >= 0.6 is 0 Å². The zero-order valence-corrected chi connectivity index (χ0v) is 8.28. The number of esters is 1. The second-order valence-electron chi connectivity index (χ2n) is 2.93. The highest BCUT2D eigenvalue weighted by atomic mass is 16.5. The Labute approximate surface area is 83.2 Å². The van der Waals surface area contributed by atoms with E-state index in [0.29, 0.717) is 5.69 Å². The Balaban J connectivity index is 2.92. The normalized spacial score (nSPS) is 10.4. The van der Waals surface area contributed by atoms with Gasteiger partial charge in [-0.05, 0) is 24.1 Å². The molecule has 2 N–H and O–H groups in total. The maximum absolute atomic E-state index is 10.8. The van der Waals surface area contributed by atoms with Crippen molar-refractivity contribution in [3.63, 3.8) is 0 Å². The minimum Gasteiger partial charge on any atom is -0.466 e. The van der Waals surface area contributed by atoms with Gasteiger partial charge in [-0.25, -0.2) is 4.79 Å². The smallest absolute Gasteiger partial charge is 0.330 e. The van der Waals surface area contributed by atoms with Crippen LogP contribution in [0.2, 0.25) is 0 Å². The summed E-state index contributed by atoms with van der Waals surface area (Å²) in [5.41, 5.74) is 8.32. The minimum absolute atomic E-state index is 0.383. The summed E-state index contributed by atoms with van der Waals surface area (Å²) in [6.45, 7) is 1.92. The number of ether oxygens (including phenoxy) is 1. The third-order valence-electron chi connectivity index (χ3n) is 1.96. The van der Waals surface area contributed by atoms with E-state index < -0.39 is 0 Å². The van der Waals surface area contributed by atoms with Crippen LogP contribution in [0, 0.1) is 6.92 Å². The highest BCUT2D eigenvalue weighted by molar-refractivity contribution is 5.88. The number of benzene rings is 1. The molecule has 1 aromatic carbocycles. The van der Waals surface area contributed by atoms with Crippen molar-refractivity contribution < 1.29 is 9.53 Å². The lowest BCUT2D eigenvalue weighted by atomic mass is 10.1. The molecule has 0 radical (unpaired) electrons. The zero-order valence-electron chi connectivity index (χ0n) is 8.28. The van der Waals surface area contributed by atoms with Crippen LogP contribution in [0.25, 0.3) is 6.08 Å². The molecule has 0 aromatic heterocycles. The molecule has 1 aromatic rings. The molecule has 0 saturated heterocycles. The fraction of sp³-hybridized carbons (Fsp3) is 0.182. The number of nitrogen functional groups attached to an aromatic ring is 1. The molecule has 0 amide bonds. The number of rotatable bonds is 2. The fourth-order valence-electron chi connectivity index (χ4n) is 1.07. The van der Waals surface area contributed by atoms with E-state index in [1.807, 2.05) is 25.1 Å². The first-order valence-electron chi connectivity index (χ1n) is 4.26. The monoisotopic (exact) mass is 191 g/mol. The molecule has 0 atom stereocenters. The van der Waals surface area contributed by atoms with Crippen molar-refractivity contribution in [3.05, 3.63) is 35.4 Å². The van der Waals surface area contributed by atoms with Gasteiger partial charge in [-0.1, -0.05) is 18.2 Å². The van der Waals surface area contributed by atoms with Crippen LogP contribution < -0.4 is 5.73 Å². The van der Waals surface area contributed by atoms with E-state index in [4.69, 9.17) is 5.73 Å². The van der Waals surface area contributed by atoms with E-state index in [-0.39, 0.29) is 5.97 Å². The Morgan fingerprint density at radius 2 is 2.21 bits per heavy atom. The lowest BCUT2D eigenvalue weighted by Gasteiger charge is -2.02. The predicted octanol–water partition coefficient (Wildman–Crippen LogP) is 1.76. The summed E-state index contributed by atoms with van der Waals surface area (Å²) in [6.07, 6.45) is 3.00. The van der Waals surface area contributed by atoms with E-state index >= 15 is 0 Å². The number of hydrogen-bond acceptors (Lipinski definition) is 3. The van der Waals surface area contributed by atoms with Gasteiger partial charge in [-0.2, -0.15) is 0 Å². The summed E-state index contributed by atoms with van der Waals surface area (Å²) in [6, 6.07) is 5.66. The maximum atomic E-state index is 10.8. The van der Waals surface area contributed by atoms with Crippen molar-refractivity contribution in [3.8, 4) is 0 Å². The van der Waals surface area contributed by atoms with Gasteiger partial charge < -0.3 is 10.5 Å². The molecule has 0 fully saturated rings. The van der Waals surface area contributed by atoms with Crippen molar-refractivity contribution in [2.75, 3.05) is 12.8 Å². The van der Waals surface area contributed by atoms with Gasteiger partial charge in [0.15, 0.2) is 0 Å². The SMILES string of the molecule is COC(=O)C=Cc1cccc(C)c1N. The van der Waals surface area contributed by atoms with Gasteiger partial charge in [-0.3, -0.25) is 0 Å². The number of aryl methyl sites for hydroxylation is 1. The van der Waals surface area contributed by atoms with Crippen LogP contribution in [0.5, 0.6) is 0 Å². The third kappa shape index (κ3) is 2.36. The van der Waals surface area contributed by atoms with Gasteiger partial charge in [0.2, 0.25) is 0 Å². The van der Waals surface area contributed by atoms with Crippen LogP contribution in [0.3, 0.4) is 0 Å². The molecule has 0 spiro atoms. The van der Waals surface area contributed by atoms with Gasteiger partial charge >= 0.3 is 5.97 Å². The van der Waals surface area contributed by atoms with Crippen LogP contribution in [0.15, 0.2) is 24.3 Å². The quantitative estimate of drug-likeness (QED) is 0.440. The largest absolute Gasteiger partial charge is 0.466 e. The van der Waals surface area contributed by atoms with Gasteiger partial charge in [0.05, 0.1) is 7.11 Å². The summed E-state index contributed by atoms with van der Waals surface area (Å²) in [7, 11) is 1.34. The lowest BCUT2D eigenvalue weighted by Crippen LogP contribution is -1.95. The number of hydrogen-bond donors (Lipinski definition) is 1. The summed E-state index contributed by atoms with van der Waals surface area (Å²) < 4.78 is 4.48.